The summed E-state index contributed by atoms with van der Waals surface area (Å²) in [4.78, 5) is 13.7. The highest BCUT2D eigenvalue weighted by atomic mass is 32.2. The molecule has 0 bridgehead atoms. The van der Waals surface area contributed by atoms with Crippen LogP contribution in [0.25, 0.3) is 5.65 Å². The van der Waals surface area contributed by atoms with Gasteiger partial charge in [0.15, 0.2) is 5.65 Å². The Balaban J connectivity index is 1.50. The van der Waals surface area contributed by atoms with Crippen molar-refractivity contribution in [2.45, 2.75) is 24.0 Å². The molecular formula is C17H19N5O3S2. The van der Waals surface area contributed by atoms with Gasteiger partial charge in [-0.25, -0.2) is 8.42 Å². The molecule has 0 aromatic carbocycles. The summed E-state index contributed by atoms with van der Waals surface area (Å²) in [7, 11) is -3.57. The molecule has 0 aliphatic carbocycles. The summed E-state index contributed by atoms with van der Waals surface area (Å²) in [6, 6.07) is 8.87. The molecule has 8 nitrogen and oxygen atoms in total. The van der Waals surface area contributed by atoms with E-state index in [1.165, 1.54) is 15.6 Å². The summed E-state index contributed by atoms with van der Waals surface area (Å²) in [5, 5.41) is 10.8. The van der Waals surface area contributed by atoms with Crippen LogP contribution in [0.5, 0.6) is 0 Å². The topological polar surface area (TPSA) is 96.7 Å². The van der Waals surface area contributed by atoms with E-state index in [9.17, 15) is 13.2 Å². The van der Waals surface area contributed by atoms with Crippen LogP contribution in [-0.4, -0.2) is 46.3 Å². The van der Waals surface area contributed by atoms with Gasteiger partial charge in [-0.15, -0.1) is 21.5 Å². The quantitative estimate of drug-likeness (QED) is 0.717. The number of fused-ring (bicyclic) bond motifs is 1. The predicted molar refractivity (Wildman–Crippen MR) is 102 cm³/mol. The van der Waals surface area contributed by atoms with E-state index >= 15 is 0 Å². The summed E-state index contributed by atoms with van der Waals surface area (Å²) in [6.07, 6.45) is 3.04. The van der Waals surface area contributed by atoms with Crippen molar-refractivity contribution in [3.63, 3.8) is 0 Å². The lowest BCUT2D eigenvalue weighted by molar-refractivity contribution is -0.120. The van der Waals surface area contributed by atoms with Gasteiger partial charge in [0.1, 0.15) is 4.21 Å². The monoisotopic (exact) mass is 405 g/mol. The van der Waals surface area contributed by atoms with Crippen molar-refractivity contribution in [1.82, 2.24) is 18.9 Å². The number of carbonyl (C=O) groups excluding carboxylic acids is 1. The van der Waals surface area contributed by atoms with Crippen molar-refractivity contribution >= 4 is 38.9 Å². The van der Waals surface area contributed by atoms with Crippen molar-refractivity contribution in [2.75, 3.05) is 18.4 Å². The molecule has 4 rings (SSSR count). The number of sulfonamides is 1. The van der Waals surface area contributed by atoms with Crippen LogP contribution in [-0.2, 0) is 14.8 Å². The molecule has 1 atom stereocenters. The van der Waals surface area contributed by atoms with Gasteiger partial charge < -0.3 is 0 Å². The van der Waals surface area contributed by atoms with E-state index in [1.54, 1.807) is 28.8 Å². The van der Waals surface area contributed by atoms with E-state index in [0.29, 0.717) is 35.2 Å². The first kappa shape index (κ1) is 18.1. The number of hydrogen-bond acceptors (Lipinski definition) is 6. The number of thiophene rings is 1. The van der Waals surface area contributed by atoms with Crippen LogP contribution in [0, 0.1) is 12.8 Å². The fourth-order valence-corrected chi connectivity index (χ4v) is 6.15. The number of rotatable bonds is 4. The van der Waals surface area contributed by atoms with Gasteiger partial charge in [0.2, 0.25) is 11.9 Å². The van der Waals surface area contributed by atoms with Crippen LogP contribution < -0.4 is 5.32 Å². The van der Waals surface area contributed by atoms with E-state index < -0.39 is 15.9 Å². The minimum Gasteiger partial charge on any atom is -0.294 e. The first-order valence-electron chi connectivity index (χ1n) is 8.62. The maximum absolute atomic E-state index is 12.8. The number of anilines is 1. The van der Waals surface area contributed by atoms with Crippen LogP contribution in [0.3, 0.4) is 0 Å². The number of hydrogen-bond donors (Lipinski definition) is 1. The molecule has 142 valence electrons. The van der Waals surface area contributed by atoms with Crippen LogP contribution in [0.4, 0.5) is 5.95 Å². The zero-order valence-corrected chi connectivity index (χ0v) is 16.3. The molecule has 4 heterocycles. The molecule has 27 heavy (non-hydrogen) atoms. The molecule has 3 aromatic heterocycles. The first-order valence-corrected chi connectivity index (χ1v) is 10.9. The van der Waals surface area contributed by atoms with E-state index in [4.69, 9.17) is 0 Å². The smallest absolute Gasteiger partial charge is 0.252 e. The maximum atomic E-state index is 12.8. The van der Waals surface area contributed by atoms with Gasteiger partial charge >= 0.3 is 0 Å². The van der Waals surface area contributed by atoms with Gasteiger partial charge in [-0.3, -0.25) is 14.5 Å². The van der Waals surface area contributed by atoms with Crippen molar-refractivity contribution in [3.05, 3.63) is 41.4 Å². The van der Waals surface area contributed by atoms with Crippen LogP contribution in [0.1, 0.15) is 17.7 Å². The highest BCUT2D eigenvalue weighted by Crippen LogP contribution is 2.28. The highest BCUT2D eigenvalue weighted by molar-refractivity contribution is 7.91. The number of pyridine rings is 1. The number of nitrogens with zero attached hydrogens (tertiary/aromatic N) is 4. The average molecular weight is 406 g/mol. The van der Waals surface area contributed by atoms with Gasteiger partial charge in [0.25, 0.3) is 10.0 Å². The average Bonchev–Trinajstić information content (AvgIpc) is 3.29. The summed E-state index contributed by atoms with van der Waals surface area (Å²) >= 11 is 1.25. The second kappa shape index (κ2) is 7.02. The number of amides is 1. The van der Waals surface area contributed by atoms with Crippen LogP contribution in [0.2, 0.25) is 0 Å². The van der Waals surface area contributed by atoms with E-state index in [0.717, 1.165) is 4.88 Å². The Hall–Kier alpha value is -2.30. The van der Waals surface area contributed by atoms with Crippen molar-refractivity contribution in [1.29, 1.82) is 0 Å². The number of carbonyl (C=O) groups is 1. The van der Waals surface area contributed by atoms with Gasteiger partial charge in [0.05, 0.1) is 5.92 Å². The Morgan fingerprint density at radius 3 is 2.89 bits per heavy atom. The van der Waals surface area contributed by atoms with Crippen LogP contribution in [0.15, 0.2) is 40.7 Å². The zero-order chi connectivity index (χ0) is 19.0. The third kappa shape index (κ3) is 3.47. The second-order valence-corrected chi connectivity index (χ2v) is 9.96. The lowest BCUT2D eigenvalue weighted by Crippen LogP contribution is -2.43. The normalized spacial score (nSPS) is 18.6. The standard InChI is InChI=1S/C17H19N5O3S2/c1-12-7-8-15(26-12)27(24,25)21-9-4-5-13(11-21)16(23)18-17-20-19-14-6-2-3-10-22(14)17/h2-3,6-8,10,13H,4-5,9,11H2,1H3,(H,18,20,23). The molecule has 10 heteroatoms. The van der Waals surface area contributed by atoms with Crippen LogP contribution >= 0.6 is 11.3 Å². The Morgan fingerprint density at radius 1 is 1.26 bits per heavy atom. The Kier molecular flexibility index (Phi) is 4.70. The molecule has 1 aliphatic rings. The van der Waals surface area contributed by atoms with Gasteiger partial charge in [0, 0.05) is 24.2 Å². The molecule has 1 aliphatic heterocycles. The third-order valence-corrected chi connectivity index (χ3v) is 7.95. The lowest BCUT2D eigenvalue weighted by Gasteiger charge is -2.30. The number of aryl methyl sites for hydroxylation is 1. The Bertz CT molecular complexity index is 1090. The molecule has 1 saturated heterocycles. The zero-order valence-electron chi connectivity index (χ0n) is 14.7. The van der Waals surface area contributed by atoms with Gasteiger partial charge in [-0.1, -0.05) is 6.07 Å². The van der Waals surface area contributed by atoms with Gasteiger partial charge in [-0.05, 0) is 44.0 Å². The molecular weight excluding hydrogens is 386 g/mol. The summed E-state index contributed by atoms with van der Waals surface area (Å²) in [5.74, 6) is -0.328. The Labute approximate surface area is 160 Å². The largest absolute Gasteiger partial charge is 0.294 e. The molecule has 1 amide bonds. The highest BCUT2D eigenvalue weighted by Gasteiger charge is 2.34. The SMILES string of the molecule is Cc1ccc(S(=O)(=O)N2CCCC(C(=O)Nc3nnc4ccccn34)C2)s1. The van der Waals surface area contributed by atoms with E-state index in [1.807, 2.05) is 19.1 Å². The first-order chi connectivity index (χ1) is 12.9. The van der Waals surface area contributed by atoms with Crippen molar-refractivity contribution in [3.8, 4) is 0 Å². The van der Waals surface area contributed by atoms with Crippen molar-refractivity contribution < 1.29 is 13.2 Å². The lowest BCUT2D eigenvalue weighted by atomic mass is 9.99. The molecule has 0 spiro atoms. The third-order valence-electron chi connectivity index (χ3n) is 4.61. The molecule has 0 saturated carbocycles. The second-order valence-electron chi connectivity index (χ2n) is 6.51. The minimum absolute atomic E-state index is 0.169. The molecule has 0 radical (unpaired) electrons. The molecule has 1 fully saturated rings. The van der Waals surface area contributed by atoms with Crippen molar-refractivity contribution in [2.24, 2.45) is 5.92 Å². The number of aromatic nitrogens is 3. The van der Waals surface area contributed by atoms with E-state index in [2.05, 4.69) is 15.5 Å². The van der Waals surface area contributed by atoms with Gasteiger partial charge in [-0.2, -0.15) is 4.31 Å². The number of nitrogens with one attached hydrogen (secondary N) is 1. The molecule has 3 aromatic rings. The molecule has 1 N–H and O–H groups in total. The van der Waals surface area contributed by atoms with E-state index in [-0.39, 0.29) is 12.5 Å². The predicted octanol–water partition coefficient (Wildman–Crippen LogP) is 2.14. The summed E-state index contributed by atoms with van der Waals surface area (Å²) in [5.41, 5.74) is 0.633. The maximum Gasteiger partial charge on any atom is 0.252 e. The molecule has 1 unspecified atom stereocenters. The minimum atomic E-state index is -3.57. The summed E-state index contributed by atoms with van der Waals surface area (Å²) in [6.45, 7) is 2.47. The fraction of sp³-hybridized carbons (Fsp3) is 0.353. The Morgan fingerprint density at radius 2 is 2.11 bits per heavy atom. The summed E-state index contributed by atoms with van der Waals surface area (Å²) < 4.78 is 29.1. The number of piperidine rings is 1. The fourth-order valence-electron chi connectivity index (χ4n) is 3.19.